The van der Waals surface area contributed by atoms with Gasteiger partial charge in [-0.3, -0.25) is 9.59 Å². The van der Waals surface area contributed by atoms with E-state index in [9.17, 15) is 9.59 Å². The van der Waals surface area contributed by atoms with Gasteiger partial charge < -0.3 is 9.84 Å². The highest BCUT2D eigenvalue weighted by atomic mass is 16.5. The molecule has 0 aliphatic heterocycles. The molecule has 0 aromatic heterocycles. The summed E-state index contributed by atoms with van der Waals surface area (Å²) in [5.74, 6) is -0.671. The molecular weight excluding hydrogens is 172 g/mol. The molecule has 0 bridgehead atoms. The fraction of sp³-hybridized carbons (Fsp3) is 0.556. The molecule has 0 aromatic rings. The fourth-order valence-electron chi connectivity index (χ4n) is 1.44. The first-order valence-electron chi connectivity index (χ1n) is 4.13. The van der Waals surface area contributed by atoms with Gasteiger partial charge in [-0.1, -0.05) is 0 Å². The van der Waals surface area contributed by atoms with Crippen LogP contribution in [0.5, 0.6) is 0 Å². The summed E-state index contributed by atoms with van der Waals surface area (Å²) in [6.07, 6.45) is 1.91. The highest BCUT2D eigenvalue weighted by Gasteiger charge is 2.29. The minimum atomic E-state index is -0.313. The van der Waals surface area contributed by atoms with Crippen molar-refractivity contribution < 1.29 is 19.4 Å². The van der Waals surface area contributed by atoms with Crippen molar-refractivity contribution >= 4 is 11.8 Å². The van der Waals surface area contributed by atoms with Crippen molar-refractivity contribution in [3.05, 3.63) is 11.8 Å². The number of Topliss-reactive ketones (excluding diaryl/α,β-unsaturated/α-hetero) is 1. The van der Waals surface area contributed by atoms with Crippen molar-refractivity contribution in [3.8, 4) is 0 Å². The van der Waals surface area contributed by atoms with Crippen molar-refractivity contribution in [2.24, 2.45) is 5.92 Å². The third-order valence-corrected chi connectivity index (χ3v) is 2.23. The van der Waals surface area contributed by atoms with Crippen molar-refractivity contribution in [2.75, 3.05) is 7.11 Å². The van der Waals surface area contributed by atoms with E-state index in [4.69, 9.17) is 5.11 Å². The van der Waals surface area contributed by atoms with Crippen LogP contribution in [0.1, 0.15) is 19.3 Å². The summed E-state index contributed by atoms with van der Waals surface area (Å²) in [6, 6.07) is 0. The van der Waals surface area contributed by atoms with Crippen molar-refractivity contribution in [2.45, 2.75) is 19.3 Å². The summed E-state index contributed by atoms with van der Waals surface area (Å²) in [6.45, 7) is 0. The number of esters is 1. The van der Waals surface area contributed by atoms with Crippen LogP contribution in [0.25, 0.3) is 0 Å². The van der Waals surface area contributed by atoms with Gasteiger partial charge in [0.1, 0.15) is 0 Å². The summed E-state index contributed by atoms with van der Waals surface area (Å²) in [5, 5.41) is 8.70. The van der Waals surface area contributed by atoms with Gasteiger partial charge in [0.2, 0.25) is 0 Å². The lowest BCUT2D eigenvalue weighted by atomic mass is 9.85. The molecule has 0 radical (unpaired) electrons. The summed E-state index contributed by atoms with van der Waals surface area (Å²) in [5.41, 5.74) is 0.321. The predicted octanol–water partition coefficient (Wildman–Crippen LogP) is 0.970. The highest BCUT2D eigenvalue weighted by molar-refractivity contribution is 5.97. The van der Waals surface area contributed by atoms with Crippen LogP contribution in [0.3, 0.4) is 0 Å². The van der Waals surface area contributed by atoms with Crippen LogP contribution in [0.15, 0.2) is 11.8 Å². The molecule has 1 aliphatic rings. The lowest BCUT2D eigenvalue weighted by molar-refractivity contribution is -0.146. The Labute approximate surface area is 76.2 Å². The second-order valence-corrected chi connectivity index (χ2v) is 3.04. The molecule has 4 nitrogen and oxygen atoms in total. The number of methoxy groups -OCH3 is 1. The van der Waals surface area contributed by atoms with Crippen molar-refractivity contribution in [3.63, 3.8) is 0 Å². The third kappa shape index (κ3) is 2.08. The molecular formula is C9H12O4. The maximum atomic E-state index is 11.1. The highest BCUT2D eigenvalue weighted by Crippen LogP contribution is 2.26. The molecule has 1 rings (SSSR count). The molecule has 1 unspecified atom stereocenters. The first-order chi connectivity index (χ1) is 6.19. The SMILES string of the molecule is COC(=O)C1CCC(=O)/C(=C\O)C1. The standard InChI is InChI=1S/C9H12O4/c1-13-9(12)6-2-3-8(11)7(4-6)5-10/h5-6,10H,2-4H2,1H3/b7-5-. The van der Waals surface area contributed by atoms with E-state index in [1.807, 2.05) is 0 Å². The predicted molar refractivity (Wildman–Crippen MR) is 45.1 cm³/mol. The smallest absolute Gasteiger partial charge is 0.309 e. The minimum absolute atomic E-state index is 0.0809. The summed E-state index contributed by atoms with van der Waals surface area (Å²) in [4.78, 5) is 22.2. The molecule has 13 heavy (non-hydrogen) atoms. The fourth-order valence-corrected chi connectivity index (χ4v) is 1.44. The van der Waals surface area contributed by atoms with Gasteiger partial charge in [0, 0.05) is 12.0 Å². The van der Waals surface area contributed by atoms with Crippen molar-refractivity contribution in [1.82, 2.24) is 0 Å². The Bertz CT molecular complexity index is 254. The molecule has 1 atom stereocenters. The lowest BCUT2D eigenvalue weighted by Crippen LogP contribution is -2.24. The maximum absolute atomic E-state index is 11.1. The van der Waals surface area contributed by atoms with Gasteiger partial charge in [-0.05, 0) is 12.8 Å². The molecule has 0 amide bonds. The van der Waals surface area contributed by atoms with Gasteiger partial charge in [0.15, 0.2) is 5.78 Å². The van der Waals surface area contributed by atoms with E-state index in [1.165, 1.54) is 7.11 Å². The molecule has 72 valence electrons. The van der Waals surface area contributed by atoms with Gasteiger partial charge in [-0.15, -0.1) is 0 Å². The second-order valence-electron chi connectivity index (χ2n) is 3.04. The van der Waals surface area contributed by atoms with Gasteiger partial charge in [0.05, 0.1) is 19.3 Å². The zero-order valence-electron chi connectivity index (χ0n) is 7.45. The number of hydrogen-bond donors (Lipinski definition) is 1. The Kier molecular flexibility index (Phi) is 3.06. The van der Waals surface area contributed by atoms with Gasteiger partial charge in [-0.2, -0.15) is 0 Å². The largest absolute Gasteiger partial charge is 0.515 e. The van der Waals surface area contributed by atoms with Crippen LogP contribution in [0.2, 0.25) is 0 Å². The number of aliphatic hydroxyl groups excluding tert-OH is 1. The summed E-state index contributed by atoms with van der Waals surface area (Å²) in [7, 11) is 1.32. The molecule has 1 saturated carbocycles. The first kappa shape index (κ1) is 9.77. The normalized spacial score (nSPS) is 26.1. The molecule has 1 aliphatic carbocycles. The molecule has 0 aromatic carbocycles. The van der Waals surface area contributed by atoms with E-state index in [0.717, 1.165) is 6.26 Å². The Morgan fingerprint density at radius 2 is 2.38 bits per heavy atom. The number of rotatable bonds is 1. The van der Waals surface area contributed by atoms with E-state index in [1.54, 1.807) is 0 Å². The maximum Gasteiger partial charge on any atom is 0.309 e. The van der Waals surface area contributed by atoms with E-state index in [2.05, 4.69) is 4.74 Å². The van der Waals surface area contributed by atoms with E-state index in [-0.39, 0.29) is 17.7 Å². The minimum Gasteiger partial charge on any atom is -0.515 e. The summed E-state index contributed by atoms with van der Waals surface area (Å²) < 4.78 is 4.56. The average Bonchev–Trinajstić information content (AvgIpc) is 2.17. The van der Waals surface area contributed by atoms with Crippen LogP contribution < -0.4 is 0 Å². The zero-order valence-corrected chi connectivity index (χ0v) is 7.45. The zero-order chi connectivity index (χ0) is 9.84. The number of ketones is 1. The topological polar surface area (TPSA) is 63.6 Å². The molecule has 0 heterocycles. The van der Waals surface area contributed by atoms with E-state index in [0.29, 0.717) is 24.8 Å². The van der Waals surface area contributed by atoms with E-state index >= 15 is 0 Å². The van der Waals surface area contributed by atoms with Crippen LogP contribution in [-0.4, -0.2) is 24.0 Å². The molecule has 1 N–H and O–H groups in total. The Hall–Kier alpha value is -1.32. The van der Waals surface area contributed by atoms with Crippen LogP contribution in [0, 0.1) is 5.92 Å². The molecule has 0 spiro atoms. The number of aliphatic hydroxyl groups is 1. The molecule has 0 saturated heterocycles. The monoisotopic (exact) mass is 184 g/mol. The van der Waals surface area contributed by atoms with Gasteiger partial charge >= 0.3 is 5.97 Å². The Morgan fingerprint density at radius 3 is 2.92 bits per heavy atom. The van der Waals surface area contributed by atoms with Crippen LogP contribution >= 0.6 is 0 Å². The quantitative estimate of drug-likeness (QED) is 0.374. The third-order valence-electron chi connectivity index (χ3n) is 2.23. The van der Waals surface area contributed by atoms with E-state index < -0.39 is 0 Å². The average molecular weight is 184 g/mol. The number of hydrogen-bond acceptors (Lipinski definition) is 4. The van der Waals surface area contributed by atoms with Gasteiger partial charge in [-0.25, -0.2) is 0 Å². The Balaban J connectivity index is 2.65. The number of carbonyl (C=O) groups excluding carboxylic acids is 2. The van der Waals surface area contributed by atoms with Crippen molar-refractivity contribution in [1.29, 1.82) is 0 Å². The number of allylic oxidation sites excluding steroid dienone is 1. The van der Waals surface area contributed by atoms with Crippen LogP contribution in [-0.2, 0) is 14.3 Å². The molecule has 4 heteroatoms. The second kappa shape index (κ2) is 4.07. The van der Waals surface area contributed by atoms with Crippen LogP contribution in [0.4, 0.5) is 0 Å². The Morgan fingerprint density at radius 1 is 1.69 bits per heavy atom. The summed E-state index contributed by atoms with van der Waals surface area (Å²) >= 11 is 0. The molecule has 1 fully saturated rings. The number of carbonyl (C=O) groups is 2. The number of ether oxygens (including phenoxy) is 1. The first-order valence-corrected chi connectivity index (χ1v) is 4.13. The van der Waals surface area contributed by atoms with Gasteiger partial charge in [0.25, 0.3) is 0 Å². The lowest BCUT2D eigenvalue weighted by Gasteiger charge is -2.19.